The molecular weight excluding hydrogens is 262 g/mol. The number of unbranched alkanes of at least 4 members (excludes halogenated alkanes) is 1. The Kier molecular flexibility index (Phi) is 7.28. The molecule has 0 unspecified atom stereocenters. The molecule has 114 valence electrons. The van der Waals surface area contributed by atoms with Crippen molar-refractivity contribution < 1.29 is 8.42 Å². The Labute approximate surface area is 118 Å². The maximum absolute atomic E-state index is 12.3. The third kappa shape index (κ3) is 5.02. The van der Waals surface area contributed by atoms with Crippen molar-refractivity contribution in [3.05, 3.63) is 0 Å². The fraction of sp³-hybridized carbons (Fsp3) is 1.00. The van der Waals surface area contributed by atoms with Gasteiger partial charge in [0.2, 0.25) is 0 Å². The van der Waals surface area contributed by atoms with Gasteiger partial charge in [-0.15, -0.1) is 0 Å². The van der Waals surface area contributed by atoms with Crippen molar-refractivity contribution >= 4 is 10.2 Å². The lowest BCUT2D eigenvalue weighted by molar-refractivity contribution is 0.254. The second-order valence-electron chi connectivity index (χ2n) is 5.33. The van der Waals surface area contributed by atoms with Crippen LogP contribution in [0.15, 0.2) is 0 Å². The lowest BCUT2D eigenvalue weighted by Gasteiger charge is -2.33. The zero-order chi connectivity index (χ0) is 14.3. The van der Waals surface area contributed by atoms with Gasteiger partial charge in [0.1, 0.15) is 0 Å². The minimum Gasteiger partial charge on any atom is -0.317 e. The first-order valence-electron chi connectivity index (χ1n) is 7.44. The van der Waals surface area contributed by atoms with Gasteiger partial charge in [-0.3, -0.25) is 0 Å². The third-order valence-corrected chi connectivity index (χ3v) is 5.79. The molecule has 0 bridgehead atoms. The standard InChI is InChI=1S/C13H29N3O2S/c1-4-6-9-15(3)19(17,18)16-10-7-13(8-11-16)12-14-5-2/h13-14H,4-12H2,1-3H3. The van der Waals surface area contributed by atoms with E-state index in [1.54, 1.807) is 11.4 Å². The lowest BCUT2D eigenvalue weighted by Crippen LogP contribution is -2.46. The molecule has 1 aliphatic rings. The smallest absolute Gasteiger partial charge is 0.281 e. The fourth-order valence-corrected chi connectivity index (χ4v) is 3.81. The molecule has 0 amide bonds. The maximum atomic E-state index is 12.3. The zero-order valence-electron chi connectivity index (χ0n) is 12.6. The molecule has 5 nitrogen and oxygen atoms in total. The number of piperidine rings is 1. The minimum atomic E-state index is -3.23. The van der Waals surface area contributed by atoms with Crippen LogP contribution in [0.25, 0.3) is 0 Å². The van der Waals surface area contributed by atoms with E-state index in [-0.39, 0.29) is 0 Å². The molecule has 1 saturated heterocycles. The molecule has 0 aliphatic carbocycles. The Hall–Kier alpha value is -0.170. The van der Waals surface area contributed by atoms with Gasteiger partial charge in [-0.1, -0.05) is 20.3 Å². The van der Waals surface area contributed by atoms with Crippen LogP contribution in [0.1, 0.15) is 39.5 Å². The van der Waals surface area contributed by atoms with E-state index < -0.39 is 10.2 Å². The Balaban J connectivity index is 2.44. The summed E-state index contributed by atoms with van der Waals surface area (Å²) in [6, 6.07) is 0. The summed E-state index contributed by atoms with van der Waals surface area (Å²) in [6.07, 6.45) is 3.87. The molecule has 1 heterocycles. The van der Waals surface area contributed by atoms with Crippen molar-refractivity contribution in [1.82, 2.24) is 13.9 Å². The summed E-state index contributed by atoms with van der Waals surface area (Å²) in [7, 11) is -1.54. The van der Waals surface area contributed by atoms with Crippen LogP contribution >= 0.6 is 0 Å². The maximum Gasteiger partial charge on any atom is 0.281 e. The number of rotatable bonds is 8. The topological polar surface area (TPSA) is 52.7 Å². The number of hydrogen-bond donors (Lipinski definition) is 1. The van der Waals surface area contributed by atoms with Gasteiger partial charge in [0.05, 0.1) is 0 Å². The Morgan fingerprint density at radius 3 is 2.42 bits per heavy atom. The predicted molar refractivity (Wildman–Crippen MR) is 79.3 cm³/mol. The highest BCUT2D eigenvalue weighted by molar-refractivity contribution is 7.86. The average molecular weight is 291 g/mol. The van der Waals surface area contributed by atoms with Gasteiger partial charge in [-0.2, -0.15) is 17.0 Å². The molecule has 0 aromatic carbocycles. The summed E-state index contributed by atoms with van der Waals surface area (Å²) in [5.74, 6) is 0.618. The van der Waals surface area contributed by atoms with Crippen molar-refractivity contribution in [2.45, 2.75) is 39.5 Å². The van der Waals surface area contributed by atoms with Crippen LogP contribution in [0.2, 0.25) is 0 Å². The highest BCUT2D eigenvalue weighted by Gasteiger charge is 2.30. The van der Waals surface area contributed by atoms with Crippen LogP contribution in [0.4, 0.5) is 0 Å². The first-order chi connectivity index (χ1) is 9.02. The molecule has 19 heavy (non-hydrogen) atoms. The van der Waals surface area contributed by atoms with E-state index in [2.05, 4.69) is 19.2 Å². The van der Waals surface area contributed by atoms with Gasteiger partial charge >= 0.3 is 0 Å². The number of hydrogen-bond acceptors (Lipinski definition) is 3. The first-order valence-corrected chi connectivity index (χ1v) is 8.84. The molecule has 0 aromatic heterocycles. The first kappa shape index (κ1) is 16.9. The van der Waals surface area contributed by atoms with E-state index in [0.717, 1.165) is 38.8 Å². The van der Waals surface area contributed by atoms with Crippen LogP contribution in [0.5, 0.6) is 0 Å². The minimum absolute atomic E-state index is 0.618. The number of nitrogens with zero attached hydrogens (tertiary/aromatic N) is 2. The Morgan fingerprint density at radius 2 is 1.89 bits per heavy atom. The summed E-state index contributed by atoms with van der Waals surface area (Å²) in [5.41, 5.74) is 0. The van der Waals surface area contributed by atoms with Crippen LogP contribution in [-0.4, -0.2) is 56.8 Å². The van der Waals surface area contributed by atoms with E-state index in [1.807, 2.05) is 0 Å². The molecular formula is C13H29N3O2S. The summed E-state index contributed by atoms with van der Waals surface area (Å²) >= 11 is 0. The lowest BCUT2D eigenvalue weighted by atomic mass is 9.98. The highest BCUT2D eigenvalue weighted by atomic mass is 32.2. The van der Waals surface area contributed by atoms with Crippen LogP contribution in [-0.2, 0) is 10.2 Å². The van der Waals surface area contributed by atoms with Crippen LogP contribution in [0.3, 0.4) is 0 Å². The van der Waals surface area contributed by atoms with Crippen LogP contribution < -0.4 is 5.32 Å². The van der Waals surface area contributed by atoms with Gasteiger partial charge in [0.15, 0.2) is 0 Å². The summed E-state index contributed by atoms with van der Waals surface area (Å²) in [6.45, 7) is 8.11. The van der Waals surface area contributed by atoms with E-state index in [4.69, 9.17) is 0 Å². The molecule has 1 fully saturated rings. The monoisotopic (exact) mass is 291 g/mol. The highest BCUT2D eigenvalue weighted by Crippen LogP contribution is 2.20. The average Bonchev–Trinajstić information content (AvgIpc) is 2.42. The molecule has 0 saturated carbocycles. The van der Waals surface area contributed by atoms with Crippen LogP contribution in [0, 0.1) is 5.92 Å². The van der Waals surface area contributed by atoms with Gasteiger partial charge in [0.25, 0.3) is 10.2 Å². The molecule has 6 heteroatoms. The molecule has 1 N–H and O–H groups in total. The van der Waals surface area contributed by atoms with Crippen molar-refractivity contribution in [3.63, 3.8) is 0 Å². The second-order valence-corrected chi connectivity index (χ2v) is 7.37. The molecule has 1 aliphatic heterocycles. The quantitative estimate of drug-likeness (QED) is 0.733. The molecule has 1 rings (SSSR count). The van der Waals surface area contributed by atoms with Crippen molar-refractivity contribution in [2.24, 2.45) is 5.92 Å². The largest absolute Gasteiger partial charge is 0.317 e. The Bertz CT molecular complexity index is 338. The number of nitrogens with one attached hydrogen (secondary N) is 1. The second kappa shape index (κ2) is 8.19. The van der Waals surface area contributed by atoms with Crippen molar-refractivity contribution in [1.29, 1.82) is 0 Å². The molecule has 0 atom stereocenters. The normalized spacial score (nSPS) is 19.2. The summed E-state index contributed by atoms with van der Waals surface area (Å²) < 4.78 is 27.8. The van der Waals surface area contributed by atoms with E-state index >= 15 is 0 Å². The SMILES string of the molecule is CCCCN(C)S(=O)(=O)N1CCC(CNCC)CC1. The van der Waals surface area contributed by atoms with Crippen molar-refractivity contribution in [3.8, 4) is 0 Å². The predicted octanol–water partition coefficient (Wildman–Crippen LogP) is 1.28. The van der Waals surface area contributed by atoms with Gasteiger partial charge in [0, 0.05) is 26.7 Å². The van der Waals surface area contributed by atoms with Gasteiger partial charge in [-0.25, -0.2) is 0 Å². The molecule has 0 radical (unpaired) electrons. The van der Waals surface area contributed by atoms with E-state index in [1.165, 1.54) is 4.31 Å². The Morgan fingerprint density at radius 1 is 1.26 bits per heavy atom. The van der Waals surface area contributed by atoms with Crippen molar-refractivity contribution in [2.75, 3.05) is 39.8 Å². The van der Waals surface area contributed by atoms with E-state index in [0.29, 0.717) is 25.6 Å². The van der Waals surface area contributed by atoms with Gasteiger partial charge in [-0.05, 0) is 38.3 Å². The summed E-state index contributed by atoms with van der Waals surface area (Å²) in [4.78, 5) is 0. The molecule has 0 aromatic rings. The molecule has 0 spiro atoms. The third-order valence-electron chi connectivity index (χ3n) is 3.80. The van der Waals surface area contributed by atoms with E-state index in [9.17, 15) is 8.42 Å². The summed E-state index contributed by atoms with van der Waals surface area (Å²) in [5, 5.41) is 3.34. The fourth-order valence-electron chi connectivity index (χ4n) is 2.39. The zero-order valence-corrected chi connectivity index (χ0v) is 13.4. The van der Waals surface area contributed by atoms with Gasteiger partial charge < -0.3 is 5.32 Å².